The SMILES string of the molecule is CNS(=O)(=O)Nc1nc(C(C)=O)cs1. The number of nitrogens with one attached hydrogen (secondary N) is 2. The average molecular weight is 235 g/mol. The Hall–Kier alpha value is -0.990. The summed E-state index contributed by atoms with van der Waals surface area (Å²) < 4.78 is 26.2. The van der Waals surface area contributed by atoms with Crippen LogP contribution in [-0.2, 0) is 10.2 Å². The highest BCUT2D eigenvalue weighted by atomic mass is 32.2. The minimum Gasteiger partial charge on any atom is -0.293 e. The van der Waals surface area contributed by atoms with Crippen molar-refractivity contribution in [2.75, 3.05) is 11.8 Å². The third-order valence-electron chi connectivity index (χ3n) is 1.36. The Balaban J connectivity index is 2.84. The first-order valence-electron chi connectivity index (χ1n) is 3.62. The van der Waals surface area contributed by atoms with Crippen molar-refractivity contribution in [1.29, 1.82) is 0 Å². The number of anilines is 1. The van der Waals surface area contributed by atoms with E-state index in [1.807, 2.05) is 0 Å². The van der Waals surface area contributed by atoms with Crippen LogP contribution in [-0.4, -0.2) is 26.2 Å². The van der Waals surface area contributed by atoms with Gasteiger partial charge in [0, 0.05) is 19.4 Å². The average Bonchev–Trinajstić information content (AvgIpc) is 2.52. The Morgan fingerprint density at radius 2 is 2.21 bits per heavy atom. The van der Waals surface area contributed by atoms with Gasteiger partial charge in [-0.25, -0.2) is 14.4 Å². The third-order valence-corrected chi connectivity index (χ3v) is 3.24. The molecule has 0 amide bonds. The summed E-state index contributed by atoms with van der Waals surface area (Å²) in [4.78, 5) is 14.6. The fourth-order valence-corrected chi connectivity index (χ4v) is 2.14. The topological polar surface area (TPSA) is 88.2 Å². The predicted octanol–water partition coefficient (Wildman–Crippen LogP) is 0.222. The van der Waals surface area contributed by atoms with E-state index in [1.165, 1.54) is 19.4 Å². The number of carbonyl (C=O) groups is 1. The van der Waals surface area contributed by atoms with Crippen LogP contribution in [0.1, 0.15) is 17.4 Å². The van der Waals surface area contributed by atoms with Crippen molar-refractivity contribution in [2.45, 2.75) is 6.92 Å². The van der Waals surface area contributed by atoms with Crippen LogP contribution in [0, 0.1) is 0 Å². The van der Waals surface area contributed by atoms with Crippen molar-refractivity contribution < 1.29 is 13.2 Å². The van der Waals surface area contributed by atoms with Gasteiger partial charge in [-0.05, 0) is 0 Å². The molecule has 0 spiro atoms. The van der Waals surface area contributed by atoms with Gasteiger partial charge >= 0.3 is 10.2 Å². The molecule has 0 radical (unpaired) electrons. The summed E-state index contributed by atoms with van der Waals surface area (Å²) in [5, 5.41) is 1.67. The lowest BCUT2D eigenvalue weighted by molar-refractivity contribution is 0.101. The summed E-state index contributed by atoms with van der Waals surface area (Å²) in [5.41, 5.74) is 0.254. The van der Waals surface area contributed by atoms with Crippen molar-refractivity contribution in [2.24, 2.45) is 0 Å². The standard InChI is InChI=1S/C6H9N3O3S2/c1-4(10)5-3-13-6(8-5)9-14(11,12)7-2/h3,7H,1-2H3,(H,8,9). The molecule has 78 valence electrons. The van der Waals surface area contributed by atoms with E-state index in [-0.39, 0.29) is 16.6 Å². The molecule has 0 aromatic carbocycles. The Labute approximate surface area is 85.5 Å². The van der Waals surface area contributed by atoms with E-state index in [2.05, 4.69) is 14.4 Å². The van der Waals surface area contributed by atoms with Crippen molar-refractivity contribution in [3.05, 3.63) is 11.1 Å². The van der Waals surface area contributed by atoms with Gasteiger partial charge < -0.3 is 0 Å². The number of ketones is 1. The normalized spacial score (nSPS) is 11.3. The van der Waals surface area contributed by atoms with Crippen LogP contribution in [0.15, 0.2) is 5.38 Å². The van der Waals surface area contributed by atoms with Crippen LogP contribution in [0.25, 0.3) is 0 Å². The predicted molar refractivity (Wildman–Crippen MR) is 53.7 cm³/mol. The summed E-state index contributed by atoms with van der Waals surface area (Å²) in [6.45, 7) is 1.37. The molecule has 0 saturated carbocycles. The van der Waals surface area contributed by atoms with Crippen LogP contribution in [0.3, 0.4) is 0 Å². The van der Waals surface area contributed by atoms with Crippen LogP contribution in [0.5, 0.6) is 0 Å². The highest BCUT2D eigenvalue weighted by Crippen LogP contribution is 2.16. The summed E-state index contributed by atoms with van der Waals surface area (Å²) in [6.07, 6.45) is 0. The molecule has 0 atom stereocenters. The third kappa shape index (κ3) is 2.76. The Bertz CT molecular complexity index is 437. The molecule has 6 nitrogen and oxygen atoms in total. The Morgan fingerprint density at radius 3 is 2.64 bits per heavy atom. The van der Waals surface area contributed by atoms with Gasteiger partial charge in [-0.15, -0.1) is 11.3 Å². The fourth-order valence-electron chi connectivity index (χ4n) is 0.648. The molecule has 8 heteroatoms. The smallest absolute Gasteiger partial charge is 0.293 e. The second kappa shape index (κ2) is 4.03. The van der Waals surface area contributed by atoms with Crippen molar-refractivity contribution in [3.8, 4) is 0 Å². The molecular weight excluding hydrogens is 226 g/mol. The molecule has 1 heterocycles. The molecule has 2 N–H and O–H groups in total. The van der Waals surface area contributed by atoms with E-state index in [0.29, 0.717) is 0 Å². The molecule has 0 aliphatic heterocycles. The monoisotopic (exact) mass is 235 g/mol. The number of carbonyl (C=O) groups excluding carboxylic acids is 1. The van der Waals surface area contributed by atoms with Gasteiger partial charge in [0.05, 0.1) is 0 Å². The maximum atomic E-state index is 11.0. The van der Waals surface area contributed by atoms with Gasteiger partial charge in [0.2, 0.25) is 0 Å². The molecule has 1 rings (SSSR count). The van der Waals surface area contributed by atoms with Gasteiger partial charge in [-0.3, -0.25) is 4.79 Å². The van der Waals surface area contributed by atoms with Crippen LogP contribution >= 0.6 is 11.3 Å². The zero-order chi connectivity index (χ0) is 10.8. The molecule has 1 aromatic rings. The molecule has 0 bridgehead atoms. The highest BCUT2D eigenvalue weighted by Gasteiger charge is 2.11. The number of nitrogens with zero attached hydrogens (tertiary/aromatic N) is 1. The number of Topliss-reactive ketones (excluding diaryl/α,β-unsaturated/α-hetero) is 1. The highest BCUT2D eigenvalue weighted by molar-refractivity contribution is 7.91. The molecule has 1 aromatic heterocycles. The molecule has 0 aliphatic rings. The number of thiazole rings is 1. The first-order chi connectivity index (χ1) is 6.44. The molecule has 0 fully saturated rings. The van der Waals surface area contributed by atoms with Crippen molar-refractivity contribution >= 4 is 32.5 Å². The van der Waals surface area contributed by atoms with E-state index in [0.717, 1.165) is 11.3 Å². The Kier molecular flexibility index (Phi) is 3.19. The van der Waals surface area contributed by atoms with Gasteiger partial charge in [0.25, 0.3) is 0 Å². The first-order valence-corrected chi connectivity index (χ1v) is 5.98. The molecule has 14 heavy (non-hydrogen) atoms. The van der Waals surface area contributed by atoms with Crippen LogP contribution in [0.4, 0.5) is 5.13 Å². The van der Waals surface area contributed by atoms with Gasteiger partial charge in [0.15, 0.2) is 10.9 Å². The van der Waals surface area contributed by atoms with E-state index in [9.17, 15) is 13.2 Å². The zero-order valence-electron chi connectivity index (χ0n) is 7.57. The summed E-state index contributed by atoms with van der Waals surface area (Å²) in [5.74, 6) is -0.198. The molecule has 0 aliphatic carbocycles. The lowest BCUT2D eigenvalue weighted by Gasteiger charge is -2.00. The van der Waals surface area contributed by atoms with Crippen LogP contribution < -0.4 is 9.44 Å². The second-order valence-electron chi connectivity index (χ2n) is 2.40. The number of aromatic nitrogens is 1. The first kappa shape index (κ1) is 11.1. The van der Waals surface area contributed by atoms with Gasteiger partial charge in [-0.2, -0.15) is 8.42 Å². The Morgan fingerprint density at radius 1 is 1.57 bits per heavy atom. The maximum Gasteiger partial charge on any atom is 0.300 e. The largest absolute Gasteiger partial charge is 0.300 e. The van der Waals surface area contributed by atoms with Crippen molar-refractivity contribution in [1.82, 2.24) is 9.71 Å². The number of hydrogen-bond donors (Lipinski definition) is 2. The minimum absolute atomic E-state index is 0.171. The van der Waals surface area contributed by atoms with Gasteiger partial charge in [0.1, 0.15) is 5.69 Å². The minimum atomic E-state index is -3.55. The van der Waals surface area contributed by atoms with E-state index in [1.54, 1.807) is 0 Å². The lowest BCUT2D eigenvalue weighted by Crippen LogP contribution is -2.26. The number of hydrogen-bond acceptors (Lipinski definition) is 5. The number of rotatable bonds is 4. The summed E-state index contributed by atoms with van der Waals surface area (Å²) in [6, 6.07) is 0. The zero-order valence-corrected chi connectivity index (χ0v) is 9.20. The summed E-state index contributed by atoms with van der Waals surface area (Å²) >= 11 is 1.06. The second-order valence-corrected chi connectivity index (χ2v) is 4.88. The van der Waals surface area contributed by atoms with Crippen molar-refractivity contribution in [3.63, 3.8) is 0 Å². The fraction of sp³-hybridized carbons (Fsp3) is 0.333. The quantitative estimate of drug-likeness (QED) is 0.731. The van der Waals surface area contributed by atoms with Gasteiger partial charge in [-0.1, -0.05) is 0 Å². The summed E-state index contributed by atoms with van der Waals surface area (Å²) in [7, 11) is -2.27. The van der Waals surface area contributed by atoms with E-state index < -0.39 is 10.2 Å². The van der Waals surface area contributed by atoms with E-state index >= 15 is 0 Å². The van der Waals surface area contributed by atoms with Crippen LogP contribution in [0.2, 0.25) is 0 Å². The molecular formula is C6H9N3O3S2. The lowest BCUT2D eigenvalue weighted by atomic mass is 10.4. The maximum absolute atomic E-state index is 11.0. The van der Waals surface area contributed by atoms with E-state index in [4.69, 9.17) is 0 Å². The molecule has 0 unspecified atom stereocenters. The molecule has 0 saturated heterocycles.